The van der Waals surface area contributed by atoms with E-state index in [0.717, 1.165) is 70.0 Å². The third kappa shape index (κ3) is 5.20. The van der Waals surface area contributed by atoms with Crippen molar-refractivity contribution in [1.82, 2.24) is 14.9 Å². The fourth-order valence-electron chi connectivity index (χ4n) is 4.44. The third-order valence-electron chi connectivity index (χ3n) is 6.11. The molecule has 1 aromatic heterocycles. The van der Waals surface area contributed by atoms with E-state index in [1.807, 2.05) is 12.1 Å². The van der Waals surface area contributed by atoms with Crippen LogP contribution in [0.4, 0.5) is 5.95 Å². The van der Waals surface area contributed by atoms with Crippen molar-refractivity contribution in [2.75, 3.05) is 44.8 Å². The molecule has 0 bridgehead atoms. The molecule has 4 rings (SSSR count). The van der Waals surface area contributed by atoms with Crippen molar-refractivity contribution >= 4 is 5.95 Å². The summed E-state index contributed by atoms with van der Waals surface area (Å²) in [5.74, 6) is 4.90. The van der Waals surface area contributed by atoms with Crippen LogP contribution in [0.25, 0.3) is 0 Å². The molecule has 2 aliphatic rings. The Kier molecular flexibility index (Phi) is 6.78. The van der Waals surface area contributed by atoms with Gasteiger partial charge in [-0.3, -0.25) is 14.7 Å². The number of H-pyrrole nitrogens is 1. The molecule has 0 saturated carbocycles. The average Bonchev–Trinajstić information content (AvgIpc) is 3.33. The first-order valence-corrected chi connectivity index (χ1v) is 11.0. The van der Waals surface area contributed by atoms with E-state index in [1.54, 1.807) is 13.2 Å². The van der Waals surface area contributed by atoms with Crippen LogP contribution in [0.3, 0.4) is 0 Å². The highest BCUT2D eigenvalue weighted by Gasteiger charge is 2.24. The molecular weight excluding hydrogens is 392 g/mol. The fourth-order valence-corrected chi connectivity index (χ4v) is 4.44. The maximum absolute atomic E-state index is 12.2. The zero-order valence-corrected chi connectivity index (χ0v) is 18.1. The summed E-state index contributed by atoms with van der Waals surface area (Å²) in [5, 5.41) is 0. The molecule has 3 heterocycles. The molecule has 2 aromatic rings. The predicted octanol–water partition coefficient (Wildman–Crippen LogP) is 2.77. The van der Waals surface area contributed by atoms with Gasteiger partial charge in [0.05, 0.1) is 12.8 Å². The van der Waals surface area contributed by atoms with E-state index in [2.05, 4.69) is 26.8 Å². The zero-order valence-electron chi connectivity index (χ0n) is 18.1. The Morgan fingerprint density at radius 2 is 1.94 bits per heavy atom. The van der Waals surface area contributed by atoms with Gasteiger partial charge in [0, 0.05) is 31.6 Å². The number of rotatable bonds is 7. The summed E-state index contributed by atoms with van der Waals surface area (Å²) in [6.07, 6.45) is 9.59. The van der Waals surface area contributed by atoms with E-state index >= 15 is 0 Å². The maximum Gasteiger partial charge on any atom is 0.252 e. The number of benzene rings is 1. The van der Waals surface area contributed by atoms with Gasteiger partial charge in [-0.1, -0.05) is 12.0 Å². The molecule has 0 unspecified atom stereocenters. The molecule has 0 spiro atoms. The summed E-state index contributed by atoms with van der Waals surface area (Å²) in [6.45, 7) is 4.95. The molecule has 0 atom stereocenters. The summed E-state index contributed by atoms with van der Waals surface area (Å²) in [6, 6.07) is 7.66. The number of nitrogens with one attached hydrogen (secondary N) is 1. The van der Waals surface area contributed by atoms with Crippen molar-refractivity contribution in [2.24, 2.45) is 0 Å². The van der Waals surface area contributed by atoms with Crippen molar-refractivity contribution in [3.63, 3.8) is 0 Å². The van der Waals surface area contributed by atoms with Gasteiger partial charge in [0.2, 0.25) is 5.95 Å². The van der Waals surface area contributed by atoms with Crippen LogP contribution in [0.15, 0.2) is 29.1 Å². The largest absolute Gasteiger partial charge is 0.493 e. The zero-order chi connectivity index (χ0) is 21.6. The molecule has 2 saturated heterocycles. The van der Waals surface area contributed by atoms with Gasteiger partial charge >= 0.3 is 0 Å². The van der Waals surface area contributed by atoms with Gasteiger partial charge in [-0.2, -0.15) is 0 Å². The van der Waals surface area contributed by atoms with Crippen molar-refractivity contribution < 1.29 is 9.47 Å². The highest BCUT2D eigenvalue weighted by atomic mass is 16.5. The van der Waals surface area contributed by atoms with Gasteiger partial charge < -0.3 is 14.4 Å². The van der Waals surface area contributed by atoms with Gasteiger partial charge in [0.25, 0.3) is 5.56 Å². The molecule has 0 aliphatic carbocycles. The Bertz CT molecular complexity index is 983. The van der Waals surface area contributed by atoms with E-state index in [9.17, 15) is 4.79 Å². The standard InChI is InChI=1S/C24H30N4O3/c1-3-14-31-21-7-6-18(15-22(21)30-2)17-27-12-8-19(9-13-27)20-16-23(29)26-24(25-20)28-10-4-5-11-28/h1,6-7,15-16,19H,4-5,8-14,17H2,2H3,(H,25,26,29). The van der Waals surface area contributed by atoms with Crippen LogP contribution in [0, 0.1) is 12.3 Å². The van der Waals surface area contributed by atoms with Crippen molar-refractivity contribution in [3.8, 4) is 23.8 Å². The second-order valence-electron chi connectivity index (χ2n) is 8.22. The maximum atomic E-state index is 12.2. The van der Waals surface area contributed by atoms with Crippen LogP contribution in [0.5, 0.6) is 11.5 Å². The van der Waals surface area contributed by atoms with Gasteiger partial charge in [0.1, 0.15) is 6.61 Å². The Labute approximate surface area is 183 Å². The minimum Gasteiger partial charge on any atom is -0.493 e. The number of methoxy groups -OCH3 is 1. The summed E-state index contributed by atoms with van der Waals surface area (Å²) >= 11 is 0. The molecule has 31 heavy (non-hydrogen) atoms. The molecule has 1 N–H and O–H groups in total. The number of hydrogen-bond acceptors (Lipinski definition) is 6. The Morgan fingerprint density at radius 1 is 1.16 bits per heavy atom. The lowest BCUT2D eigenvalue weighted by Crippen LogP contribution is -2.33. The van der Waals surface area contributed by atoms with Crippen LogP contribution in [0.2, 0.25) is 0 Å². The molecule has 0 amide bonds. The van der Waals surface area contributed by atoms with Gasteiger partial charge in [-0.05, 0) is 56.5 Å². The van der Waals surface area contributed by atoms with Crippen LogP contribution < -0.4 is 19.9 Å². The number of terminal acetylenes is 1. The van der Waals surface area contributed by atoms with Crippen LogP contribution >= 0.6 is 0 Å². The van der Waals surface area contributed by atoms with Crippen molar-refractivity contribution in [3.05, 3.63) is 45.9 Å². The molecule has 7 heteroatoms. The molecule has 1 aromatic carbocycles. The highest BCUT2D eigenvalue weighted by Crippen LogP contribution is 2.31. The summed E-state index contributed by atoms with van der Waals surface area (Å²) in [5.41, 5.74) is 2.06. The summed E-state index contributed by atoms with van der Waals surface area (Å²) in [4.78, 5) is 24.5. The number of aromatic amines is 1. The molecule has 0 radical (unpaired) electrons. The third-order valence-corrected chi connectivity index (χ3v) is 6.11. The van der Waals surface area contributed by atoms with Gasteiger partial charge in [0.15, 0.2) is 11.5 Å². The Hall–Kier alpha value is -2.98. The quantitative estimate of drug-likeness (QED) is 0.692. The average molecular weight is 423 g/mol. The molecule has 2 aliphatic heterocycles. The number of anilines is 1. The smallest absolute Gasteiger partial charge is 0.252 e. The number of hydrogen-bond donors (Lipinski definition) is 1. The van der Waals surface area contributed by atoms with Crippen LogP contribution in [-0.2, 0) is 6.54 Å². The van der Waals surface area contributed by atoms with Gasteiger partial charge in [-0.15, -0.1) is 6.42 Å². The first kappa shape index (κ1) is 21.3. The number of ether oxygens (including phenoxy) is 2. The first-order valence-electron chi connectivity index (χ1n) is 11.0. The Morgan fingerprint density at radius 3 is 2.65 bits per heavy atom. The number of piperidine rings is 1. The normalized spacial score (nSPS) is 17.5. The van der Waals surface area contributed by atoms with Gasteiger partial charge in [-0.25, -0.2) is 4.98 Å². The lowest BCUT2D eigenvalue weighted by molar-refractivity contribution is 0.203. The second kappa shape index (κ2) is 9.88. The SMILES string of the molecule is C#CCOc1ccc(CN2CCC(c3cc(=O)[nH]c(N4CCCC4)n3)CC2)cc1OC. The number of likely N-dealkylation sites (tertiary alicyclic amines) is 1. The summed E-state index contributed by atoms with van der Waals surface area (Å²) in [7, 11) is 1.64. The fraction of sp³-hybridized carbons (Fsp3) is 0.500. The minimum absolute atomic E-state index is 0.0476. The lowest BCUT2D eigenvalue weighted by atomic mass is 9.93. The van der Waals surface area contributed by atoms with E-state index in [0.29, 0.717) is 17.4 Å². The molecule has 2 fully saturated rings. The first-order chi connectivity index (χ1) is 15.2. The Balaban J connectivity index is 1.37. The number of aromatic nitrogens is 2. The lowest BCUT2D eigenvalue weighted by Gasteiger charge is -2.32. The van der Waals surface area contributed by atoms with E-state index in [4.69, 9.17) is 20.9 Å². The molecule has 164 valence electrons. The number of nitrogens with zero attached hydrogens (tertiary/aromatic N) is 3. The van der Waals surface area contributed by atoms with Crippen molar-refractivity contribution in [1.29, 1.82) is 0 Å². The second-order valence-corrected chi connectivity index (χ2v) is 8.22. The van der Waals surface area contributed by atoms with Crippen LogP contribution in [-0.4, -0.2) is 54.8 Å². The molecular formula is C24H30N4O3. The molecule has 7 nitrogen and oxygen atoms in total. The monoisotopic (exact) mass is 422 g/mol. The minimum atomic E-state index is -0.0476. The van der Waals surface area contributed by atoms with E-state index in [-0.39, 0.29) is 12.2 Å². The van der Waals surface area contributed by atoms with Crippen molar-refractivity contribution in [2.45, 2.75) is 38.1 Å². The van der Waals surface area contributed by atoms with Crippen LogP contribution in [0.1, 0.15) is 42.9 Å². The summed E-state index contributed by atoms with van der Waals surface area (Å²) < 4.78 is 11.0. The van der Waals surface area contributed by atoms with E-state index < -0.39 is 0 Å². The predicted molar refractivity (Wildman–Crippen MR) is 121 cm³/mol. The topological polar surface area (TPSA) is 70.7 Å². The van der Waals surface area contributed by atoms with E-state index in [1.165, 1.54) is 5.56 Å². The highest BCUT2D eigenvalue weighted by molar-refractivity contribution is 5.43.